The van der Waals surface area contributed by atoms with Crippen molar-refractivity contribution in [2.45, 2.75) is 22.9 Å². The number of nitrogens with zero attached hydrogens (tertiary/aromatic N) is 5. The number of aromatic nitrogens is 5. The first-order chi connectivity index (χ1) is 28.9. The van der Waals surface area contributed by atoms with Crippen LogP contribution >= 0.6 is 0 Å². The molecular weight excluding hydrogens is 860 g/mol. The van der Waals surface area contributed by atoms with Crippen molar-refractivity contribution in [2.75, 3.05) is 37.1 Å². The summed E-state index contributed by atoms with van der Waals surface area (Å²) in [6.07, 6.45) is 2.24. The predicted octanol–water partition coefficient (Wildman–Crippen LogP) is 2.81. The molecular formula is C37H28F5N8O9S2+. The molecule has 0 radical (unpaired) electrons. The molecule has 0 atom stereocenters. The van der Waals surface area contributed by atoms with Crippen LogP contribution in [0.5, 0.6) is 17.4 Å². The van der Waals surface area contributed by atoms with Crippen molar-refractivity contribution in [1.29, 1.82) is 0 Å². The van der Waals surface area contributed by atoms with Crippen LogP contribution in [-0.2, 0) is 33.1 Å². The van der Waals surface area contributed by atoms with Gasteiger partial charge in [0.2, 0.25) is 10.0 Å². The Morgan fingerprint density at radius 2 is 1.51 bits per heavy atom. The zero-order valence-corrected chi connectivity index (χ0v) is 32.9. The lowest BCUT2D eigenvalue weighted by Crippen LogP contribution is -2.50. The van der Waals surface area contributed by atoms with Crippen LogP contribution in [0, 0.1) is 29.1 Å². The Kier molecular flexibility index (Phi) is 10.0. The average molecular weight is 888 g/mol. The van der Waals surface area contributed by atoms with Gasteiger partial charge < -0.3 is 19.1 Å². The van der Waals surface area contributed by atoms with Crippen LogP contribution in [0.1, 0.15) is 11.1 Å². The van der Waals surface area contributed by atoms with E-state index in [4.69, 9.17) is 19.3 Å². The summed E-state index contributed by atoms with van der Waals surface area (Å²) in [4.78, 5) is 38.8. The Morgan fingerprint density at radius 3 is 2.15 bits per heavy atom. The maximum Gasteiger partial charge on any atom is 0.360 e. The highest BCUT2D eigenvalue weighted by molar-refractivity contribution is 7.92. The van der Waals surface area contributed by atoms with E-state index in [1.807, 2.05) is 4.98 Å². The SMILES string of the molecule is COc1ccc2c3c(c[n+](NS(=O)(=O)c4cc(F)c(CN5CCOc6cnc7cc(OC)c(F)cc7c65)c(F)c4)c2n1)c(=O)[nH]c(=O)n3Cc1c(F)cc(S(N)(=O)=O)cc1F. The number of halogens is 5. The molecule has 0 spiro atoms. The van der Waals surface area contributed by atoms with Gasteiger partial charge in [0.15, 0.2) is 17.3 Å². The smallest absolute Gasteiger partial charge is 0.360 e. The molecule has 3 aromatic carbocycles. The number of primary sulfonamides is 1. The molecule has 24 heteroatoms. The van der Waals surface area contributed by atoms with Gasteiger partial charge in [-0.15, -0.1) is 9.51 Å². The van der Waals surface area contributed by atoms with E-state index in [1.54, 1.807) is 0 Å². The number of nitrogens with one attached hydrogen (secondary N) is 2. The highest BCUT2D eigenvalue weighted by Gasteiger charge is 2.30. The molecule has 5 heterocycles. The second-order valence-corrected chi connectivity index (χ2v) is 16.7. The van der Waals surface area contributed by atoms with Crippen molar-refractivity contribution >= 4 is 58.6 Å². The molecule has 1 aliphatic heterocycles. The minimum Gasteiger partial charge on any atom is -0.494 e. The number of anilines is 1. The highest BCUT2D eigenvalue weighted by atomic mass is 32.2. The van der Waals surface area contributed by atoms with Crippen LogP contribution in [-0.4, -0.2) is 63.7 Å². The first kappa shape index (κ1) is 40.8. The normalized spacial score (nSPS) is 13.1. The fraction of sp³-hybridized carbons (Fsp3) is 0.162. The van der Waals surface area contributed by atoms with Gasteiger partial charge in [0.1, 0.15) is 41.5 Å². The molecule has 4 N–H and O–H groups in total. The molecule has 0 fully saturated rings. The Labute approximate surface area is 339 Å². The number of benzene rings is 3. The minimum absolute atomic E-state index is 0.0786. The maximum absolute atomic E-state index is 15.9. The number of sulfonamides is 2. The van der Waals surface area contributed by atoms with E-state index in [-0.39, 0.29) is 58.2 Å². The molecule has 0 saturated carbocycles. The summed E-state index contributed by atoms with van der Waals surface area (Å²) < 4.78 is 146. The van der Waals surface area contributed by atoms with Crippen LogP contribution in [0.4, 0.5) is 27.6 Å². The molecule has 316 valence electrons. The van der Waals surface area contributed by atoms with E-state index >= 15 is 17.6 Å². The highest BCUT2D eigenvalue weighted by Crippen LogP contribution is 2.40. The third kappa shape index (κ3) is 7.26. The topological polar surface area (TPSA) is 222 Å². The van der Waals surface area contributed by atoms with Crippen LogP contribution in [0.15, 0.2) is 80.3 Å². The van der Waals surface area contributed by atoms with Crippen LogP contribution in [0.2, 0.25) is 0 Å². The van der Waals surface area contributed by atoms with Gasteiger partial charge in [0.25, 0.3) is 15.6 Å². The van der Waals surface area contributed by atoms with E-state index < -0.39 is 99.8 Å². The van der Waals surface area contributed by atoms with Crippen molar-refractivity contribution in [3.05, 3.63) is 122 Å². The summed E-state index contributed by atoms with van der Waals surface area (Å²) in [7, 11) is -7.00. The molecule has 7 aromatic rings. The van der Waals surface area contributed by atoms with Crippen LogP contribution in [0.25, 0.3) is 32.8 Å². The van der Waals surface area contributed by atoms with Gasteiger partial charge in [-0.2, -0.15) is 8.42 Å². The zero-order chi connectivity index (χ0) is 43.7. The number of methoxy groups -OCH3 is 2. The average Bonchev–Trinajstić information content (AvgIpc) is 3.20. The Bertz CT molecular complexity index is 3330. The molecule has 61 heavy (non-hydrogen) atoms. The Morgan fingerprint density at radius 1 is 0.852 bits per heavy atom. The lowest BCUT2D eigenvalue weighted by Gasteiger charge is -2.32. The van der Waals surface area contributed by atoms with Crippen molar-refractivity contribution in [3.63, 3.8) is 0 Å². The third-order valence-corrected chi connectivity index (χ3v) is 12.0. The summed E-state index contributed by atoms with van der Waals surface area (Å²) in [6.45, 7) is -1.19. The number of hydrogen-bond donors (Lipinski definition) is 3. The van der Waals surface area contributed by atoms with Gasteiger partial charge >= 0.3 is 17.2 Å². The molecule has 0 amide bonds. The van der Waals surface area contributed by atoms with Crippen LogP contribution in [0.3, 0.4) is 0 Å². The second-order valence-electron chi connectivity index (χ2n) is 13.4. The lowest BCUT2D eigenvalue weighted by molar-refractivity contribution is -0.610. The molecule has 0 saturated heterocycles. The molecule has 0 aliphatic carbocycles. The van der Waals surface area contributed by atoms with E-state index in [9.17, 15) is 30.8 Å². The van der Waals surface area contributed by atoms with Crippen molar-refractivity contribution in [2.24, 2.45) is 5.14 Å². The number of rotatable bonds is 10. The van der Waals surface area contributed by atoms with Crippen molar-refractivity contribution in [3.8, 4) is 17.4 Å². The monoisotopic (exact) mass is 887 g/mol. The van der Waals surface area contributed by atoms with Crippen molar-refractivity contribution < 1.29 is 57.7 Å². The summed E-state index contributed by atoms with van der Waals surface area (Å²) >= 11 is 0. The van der Waals surface area contributed by atoms with E-state index in [2.05, 4.69) is 14.8 Å². The molecule has 17 nitrogen and oxygen atoms in total. The number of pyridine rings is 3. The second kappa shape index (κ2) is 15.0. The number of ether oxygens (including phenoxy) is 3. The number of hydrogen-bond acceptors (Lipinski definition) is 12. The summed E-state index contributed by atoms with van der Waals surface area (Å²) in [5, 5.41) is 4.67. The number of aromatic amines is 1. The molecule has 8 rings (SSSR count). The van der Waals surface area contributed by atoms with Gasteiger partial charge in [-0.05, 0) is 36.4 Å². The number of H-pyrrole nitrogens is 1. The van der Waals surface area contributed by atoms with Crippen molar-refractivity contribution in [1.82, 2.24) is 19.5 Å². The summed E-state index contributed by atoms with van der Waals surface area (Å²) in [5.41, 5.74) is -3.70. The summed E-state index contributed by atoms with van der Waals surface area (Å²) in [6, 6.07) is 7.03. The molecule has 0 unspecified atom stereocenters. The quantitative estimate of drug-likeness (QED) is 0.103. The van der Waals surface area contributed by atoms with Gasteiger partial charge in [0, 0.05) is 40.2 Å². The maximum atomic E-state index is 15.9. The fourth-order valence-corrected chi connectivity index (χ4v) is 8.47. The predicted molar refractivity (Wildman–Crippen MR) is 205 cm³/mol. The zero-order valence-electron chi connectivity index (χ0n) is 31.3. The fourth-order valence-electron chi connectivity index (χ4n) is 6.92. The van der Waals surface area contributed by atoms with E-state index in [1.165, 1.54) is 43.5 Å². The third-order valence-electron chi connectivity index (χ3n) is 9.80. The molecule has 1 aliphatic rings. The Balaban J connectivity index is 1.19. The standard InChI is InChI=1S/C37H27F5N8O9S2/c1-57-30-12-29-20(11-28(30)42)34-31(13-44-29)59-6-5-48(34)14-21-26(40)9-18(10-27(21)41)61(55,56)47-50-16-23-33(19-3-4-32(58-2)45-35(19)50)49(37(52)46-36(23)51)15-22-24(38)7-17(8-25(22)39)60(43,53)54/h3-4,7-13,16,47H,5-6,14-15H2,1-2H3,(H2-,43,46,51,52,53,54)/p+1. The number of nitrogens with two attached hydrogens (primary N) is 1. The van der Waals surface area contributed by atoms with Gasteiger partial charge in [-0.25, -0.2) is 40.3 Å². The minimum atomic E-state index is -4.97. The van der Waals surface area contributed by atoms with Gasteiger partial charge in [-0.3, -0.25) is 19.3 Å². The number of fused-ring (bicyclic) bond motifs is 6. The summed E-state index contributed by atoms with van der Waals surface area (Å²) in [5.74, 6) is -6.06. The first-order valence-corrected chi connectivity index (χ1v) is 20.5. The lowest BCUT2D eigenvalue weighted by atomic mass is 10.1. The first-order valence-electron chi connectivity index (χ1n) is 17.5. The van der Waals surface area contributed by atoms with Crippen LogP contribution < -0.4 is 45.0 Å². The van der Waals surface area contributed by atoms with Gasteiger partial charge in [0.05, 0.1) is 65.4 Å². The Hall–Kier alpha value is -6.92. The largest absolute Gasteiger partial charge is 0.494 e. The molecule has 0 bridgehead atoms. The van der Waals surface area contributed by atoms with Gasteiger partial charge in [-0.1, -0.05) is 0 Å². The van der Waals surface area contributed by atoms with E-state index in [0.717, 1.165) is 16.8 Å². The molecule has 4 aromatic heterocycles. The van der Waals surface area contributed by atoms with E-state index in [0.29, 0.717) is 34.5 Å².